The molecule has 0 bridgehead atoms. The number of nitrogens with zero attached hydrogens (tertiary/aromatic N) is 1. The lowest BCUT2D eigenvalue weighted by molar-refractivity contribution is 0.0698. The van der Waals surface area contributed by atoms with Crippen molar-refractivity contribution >= 4 is 11.8 Å². The number of rotatable bonds is 6. The Morgan fingerprint density at radius 2 is 1.70 bits per heavy atom. The average Bonchev–Trinajstić information content (AvgIpc) is 2.73. The Labute approximate surface area is 159 Å². The van der Waals surface area contributed by atoms with Gasteiger partial charge in [-0.1, -0.05) is 30.9 Å². The molecule has 2 aromatic carbocycles. The zero-order valence-electron chi connectivity index (χ0n) is 15.3. The first-order valence-corrected chi connectivity index (χ1v) is 9.16. The number of piperidine rings is 1. The number of ether oxygens (including phenoxy) is 1. The second-order valence-corrected chi connectivity index (χ2v) is 6.53. The summed E-state index contributed by atoms with van der Waals surface area (Å²) in [7, 11) is 0. The summed E-state index contributed by atoms with van der Waals surface area (Å²) >= 11 is 0. The van der Waals surface area contributed by atoms with Crippen LogP contribution >= 0.6 is 0 Å². The van der Waals surface area contributed by atoms with Gasteiger partial charge in [-0.15, -0.1) is 0 Å². The monoisotopic (exact) mass is 364 g/mol. The van der Waals surface area contributed by atoms with Gasteiger partial charge < -0.3 is 15.0 Å². The molecule has 1 fully saturated rings. The Kier molecular flexibility index (Phi) is 6.26. The number of carbonyl (C=O) groups is 2. The van der Waals surface area contributed by atoms with E-state index in [9.17, 15) is 9.59 Å². The molecule has 140 valence electrons. The van der Waals surface area contributed by atoms with Gasteiger partial charge in [0.2, 0.25) is 0 Å². The van der Waals surface area contributed by atoms with Crippen LogP contribution in [0.4, 0.5) is 0 Å². The summed E-state index contributed by atoms with van der Waals surface area (Å²) in [6.45, 7) is 5.32. The molecule has 5 nitrogen and oxygen atoms in total. The molecule has 0 aliphatic carbocycles. The topological polar surface area (TPSA) is 58.6 Å². The van der Waals surface area contributed by atoms with Gasteiger partial charge in [0, 0.05) is 30.3 Å². The normalized spacial score (nSPS) is 14.4. The summed E-state index contributed by atoms with van der Waals surface area (Å²) in [4.78, 5) is 26.7. The predicted molar refractivity (Wildman–Crippen MR) is 105 cm³/mol. The summed E-state index contributed by atoms with van der Waals surface area (Å²) in [5.41, 5.74) is 1.31. The van der Waals surface area contributed by atoms with E-state index in [0.717, 1.165) is 12.8 Å². The summed E-state index contributed by atoms with van der Waals surface area (Å²) in [5.74, 6) is 0.669. The number of nitrogens with one attached hydrogen (secondary N) is 1. The van der Waals surface area contributed by atoms with Crippen molar-refractivity contribution in [2.45, 2.75) is 18.9 Å². The highest BCUT2D eigenvalue weighted by atomic mass is 16.5. The van der Waals surface area contributed by atoms with Gasteiger partial charge in [0.1, 0.15) is 12.4 Å². The van der Waals surface area contributed by atoms with Crippen molar-refractivity contribution < 1.29 is 14.3 Å². The third-order valence-electron chi connectivity index (χ3n) is 4.62. The van der Waals surface area contributed by atoms with Crippen LogP contribution in [0.2, 0.25) is 0 Å². The average molecular weight is 364 g/mol. The van der Waals surface area contributed by atoms with Gasteiger partial charge in [0.05, 0.1) is 0 Å². The fourth-order valence-electron chi connectivity index (χ4n) is 3.12. The third-order valence-corrected chi connectivity index (χ3v) is 4.62. The van der Waals surface area contributed by atoms with Crippen LogP contribution in [0.1, 0.15) is 33.6 Å². The Hall–Kier alpha value is -3.08. The Morgan fingerprint density at radius 3 is 2.33 bits per heavy atom. The highest BCUT2D eigenvalue weighted by Gasteiger charge is 2.24. The van der Waals surface area contributed by atoms with E-state index in [4.69, 9.17) is 4.74 Å². The minimum absolute atomic E-state index is 0.0121. The standard InChI is InChI=1S/C22H24N2O3/c1-2-16-27-20-10-8-18(9-11-20)22(26)24-14-12-19(13-15-24)23-21(25)17-6-4-3-5-7-17/h2-11,19H,1,12-16H2,(H,23,25). The van der Waals surface area contributed by atoms with Crippen molar-refractivity contribution in [3.05, 3.63) is 78.4 Å². The Balaban J connectivity index is 1.50. The van der Waals surface area contributed by atoms with Gasteiger partial charge in [-0.25, -0.2) is 0 Å². The van der Waals surface area contributed by atoms with Gasteiger partial charge in [-0.2, -0.15) is 0 Å². The van der Waals surface area contributed by atoms with E-state index < -0.39 is 0 Å². The fraction of sp³-hybridized carbons (Fsp3) is 0.273. The van der Waals surface area contributed by atoms with Crippen LogP contribution in [0.3, 0.4) is 0 Å². The summed E-state index contributed by atoms with van der Waals surface area (Å²) in [6.07, 6.45) is 3.19. The molecule has 1 aliphatic heterocycles. The Bertz CT molecular complexity index is 779. The van der Waals surface area contributed by atoms with Crippen molar-refractivity contribution in [2.75, 3.05) is 19.7 Å². The second-order valence-electron chi connectivity index (χ2n) is 6.53. The first kappa shape index (κ1) is 18.7. The van der Waals surface area contributed by atoms with E-state index in [1.54, 1.807) is 42.5 Å². The largest absolute Gasteiger partial charge is 0.490 e. The highest BCUT2D eigenvalue weighted by molar-refractivity contribution is 5.95. The number of likely N-dealkylation sites (tertiary alicyclic amines) is 1. The molecule has 0 spiro atoms. The molecule has 1 N–H and O–H groups in total. The second kappa shape index (κ2) is 9.03. The van der Waals surface area contributed by atoms with E-state index in [1.807, 2.05) is 23.1 Å². The summed E-state index contributed by atoms with van der Waals surface area (Å²) in [5, 5.41) is 3.06. The van der Waals surface area contributed by atoms with Crippen molar-refractivity contribution in [1.82, 2.24) is 10.2 Å². The molecule has 0 unspecified atom stereocenters. The molecular formula is C22H24N2O3. The summed E-state index contributed by atoms with van der Waals surface area (Å²) in [6, 6.07) is 16.4. The van der Waals surface area contributed by atoms with E-state index in [-0.39, 0.29) is 17.9 Å². The first-order valence-electron chi connectivity index (χ1n) is 9.16. The van der Waals surface area contributed by atoms with Crippen LogP contribution < -0.4 is 10.1 Å². The van der Waals surface area contributed by atoms with Crippen LogP contribution in [-0.2, 0) is 0 Å². The number of hydrogen-bond acceptors (Lipinski definition) is 3. The quantitative estimate of drug-likeness (QED) is 0.800. The fourth-order valence-corrected chi connectivity index (χ4v) is 3.12. The number of amides is 2. The molecule has 0 saturated carbocycles. The molecule has 0 aromatic heterocycles. The van der Waals surface area contributed by atoms with Gasteiger partial charge in [0.25, 0.3) is 11.8 Å². The molecule has 2 aromatic rings. The van der Waals surface area contributed by atoms with Gasteiger partial charge >= 0.3 is 0 Å². The van der Waals surface area contributed by atoms with Crippen LogP contribution in [-0.4, -0.2) is 42.5 Å². The summed E-state index contributed by atoms with van der Waals surface area (Å²) < 4.78 is 5.44. The predicted octanol–water partition coefficient (Wildman–Crippen LogP) is 3.29. The van der Waals surface area contributed by atoms with E-state index >= 15 is 0 Å². The molecule has 5 heteroatoms. The first-order chi connectivity index (χ1) is 13.2. The van der Waals surface area contributed by atoms with Gasteiger partial charge in [-0.05, 0) is 49.2 Å². The molecule has 1 aliphatic rings. The lowest BCUT2D eigenvalue weighted by Crippen LogP contribution is -2.46. The molecular weight excluding hydrogens is 340 g/mol. The SMILES string of the molecule is C=CCOc1ccc(C(=O)N2CCC(NC(=O)c3ccccc3)CC2)cc1. The van der Waals surface area contributed by atoms with Crippen molar-refractivity contribution in [3.8, 4) is 5.75 Å². The highest BCUT2D eigenvalue weighted by Crippen LogP contribution is 2.17. The minimum atomic E-state index is -0.0597. The number of hydrogen-bond donors (Lipinski definition) is 1. The molecule has 0 radical (unpaired) electrons. The number of benzene rings is 2. The van der Waals surface area contributed by atoms with Crippen LogP contribution in [0, 0.1) is 0 Å². The third kappa shape index (κ3) is 4.97. The van der Waals surface area contributed by atoms with Crippen LogP contribution in [0.25, 0.3) is 0 Å². The molecule has 0 atom stereocenters. The maximum Gasteiger partial charge on any atom is 0.253 e. The molecule has 1 heterocycles. The lowest BCUT2D eigenvalue weighted by atomic mass is 10.0. The van der Waals surface area contributed by atoms with E-state index in [2.05, 4.69) is 11.9 Å². The lowest BCUT2D eigenvalue weighted by Gasteiger charge is -2.32. The van der Waals surface area contributed by atoms with E-state index in [1.165, 1.54) is 0 Å². The molecule has 1 saturated heterocycles. The Morgan fingerprint density at radius 1 is 1.04 bits per heavy atom. The maximum absolute atomic E-state index is 12.7. The van der Waals surface area contributed by atoms with Gasteiger partial charge in [-0.3, -0.25) is 9.59 Å². The van der Waals surface area contributed by atoms with Crippen molar-refractivity contribution in [1.29, 1.82) is 0 Å². The minimum Gasteiger partial charge on any atom is -0.490 e. The van der Waals surface area contributed by atoms with E-state index in [0.29, 0.717) is 36.6 Å². The van der Waals surface area contributed by atoms with Crippen molar-refractivity contribution in [3.63, 3.8) is 0 Å². The zero-order valence-corrected chi connectivity index (χ0v) is 15.3. The molecule has 3 rings (SSSR count). The van der Waals surface area contributed by atoms with Gasteiger partial charge in [0.15, 0.2) is 0 Å². The van der Waals surface area contributed by atoms with Crippen LogP contribution in [0.5, 0.6) is 5.75 Å². The zero-order chi connectivity index (χ0) is 19.1. The van der Waals surface area contributed by atoms with Crippen molar-refractivity contribution in [2.24, 2.45) is 0 Å². The number of carbonyl (C=O) groups excluding carboxylic acids is 2. The smallest absolute Gasteiger partial charge is 0.253 e. The van der Waals surface area contributed by atoms with Crippen LogP contribution in [0.15, 0.2) is 67.3 Å². The molecule has 27 heavy (non-hydrogen) atoms. The molecule has 2 amide bonds. The maximum atomic E-state index is 12.7.